The smallest absolute Gasteiger partial charge is 0.463 e. The topological polar surface area (TPSA) is 80.2 Å². The predicted molar refractivity (Wildman–Crippen MR) is 121 cm³/mol. The van der Waals surface area contributed by atoms with Gasteiger partial charge in [0.25, 0.3) is 0 Å². The van der Waals surface area contributed by atoms with E-state index >= 15 is 0 Å². The molecule has 206 valence electrons. The summed E-state index contributed by atoms with van der Waals surface area (Å²) < 4.78 is 98.7. The van der Waals surface area contributed by atoms with Crippen molar-refractivity contribution in [2.45, 2.75) is 45.0 Å². The first-order valence-electron chi connectivity index (χ1n) is 11.1. The van der Waals surface area contributed by atoms with Gasteiger partial charge in [-0.15, -0.1) is 0 Å². The van der Waals surface area contributed by atoms with Crippen LogP contribution in [0.1, 0.15) is 30.9 Å². The third kappa shape index (κ3) is 6.34. The minimum Gasteiger partial charge on any atom is -0.493 e. The molecule has 1 N–H and O–H groups in total. The molecule has 2 aromatic rings. The van der Waals surface area contributed by atoms with Gasteiger partial charge in [0.1, 0.15) is 0 Å². The van der Waals surface area contributed by atoms with Crippen molar-refractivity contribution >= 4 is 23.2 Å². The minimum absolute atomic E-state index is 0.0626. The average molecular weight is 549 g/mol. The van der Waals surface area contributed by atoms with Gasteiger partial charge in [-0.25, -0.2) is 5.01 Å². The second kappa shape index (κ2) is 11.3. The minimum atomic E-state index is -6.05. The normalized spacial score (nSPS) is 16.4. The zero-order valence-corrected chi connectivity index (χ0v) is 20.0. The summed E-state index contributed by atoms with van der Waals surface area (Å²) in [7, 11) is 1.29. The number of rotatable bonds is 9. The number of ether oxygens (including phenoxy) is 2. The first-order chi connectivity index (χ1) is 17.8. The summed E-state index contributed by atoms with van der Waals surface area (Å²) in [6.45, 7) is -1.36. The molecule has 7 nitrogen and oxygen atoms in total. The lowest BCUT2D eigenvalue weighted by atomic mass is 9.89. The van der Waals surface area contributed by atoms with Crippen LogP contribution in [0.5, 0.6) is 11.5 Å². The van der Waals surface area contributed by atoms with E-state index in [1.165, 1.54) is 36.7 Å². The van der Waals surface area contributed by atoms with E-state index in [0.717, 1.165) is 17.1 Å². The monoisotopic (exact) mass is 549 g/mol. The van der Waals surface area contributed by atoms with Crippen molar-refractivity contribution in [3.63, 3.8) is 0 Å². The molecule has 0 fully saturated rings. The van der Waals surface area contributed by atoms with Gasteiger partial charge in [0.15, 0.2) is 11.5 Å². The van der Waals surface area contributed by atoms with Crippen molar-refractivity contribution < 1.29 is 49.8 Å². The largest absolute Gasteiger partial charge is 0.493 e. The zero-order chi connectivity index (χ0) is 28.3. The number of hydrazone groups is 1. The van der Waals surface area contributed by atoms with Gasteiger partial charge in [0.2, 0.25) is 5.91 Å². The number of hydrogen-bond donors (Lipinski definition) is 1. The highest BCUT2D eigenvalue weighted by atomic mass is 19.4. The second-order valence-corrected chi connectivity index (χ2v) is 8.21. The van der Waals surface area contributed by atoms with E-state index in [2.05, 4.69) is 9.84 Å². The highest BCUT2D eigenvalue weighted by Gasteiger charge is 2.63. The van der Waals surface area contributed by atoms with Crippen molar-refractivity contribution in [2.75, 3.05) is 12.4 Å². The van der Waals surface area contributed by atoms with Crippen molar-refractivity contribution in [1.29, 1.82) is 0 Å². The molecule has 1 heterocycles. The zero-order valence-electron chi connectivity index (χ0n) is 20.0. The van der Waals surface area contributed by atoms with Gasteiger partial charge in [-0.3, -0.25) is 9.59 Å². The van der Waals surface area contributed by atoms with Crippen LogP contribution in [-0.2, 0) is 16.1 Å². The number of anilines is 1. The number of benzene rings is 2. The maximum atomic E-state index is 13.2. The second-order valence-electron chi connectivity index (χ2n) is 8.21. The summed E-state index contributed by atoms with van der Waals surface area (Å²) >= 11 is 0. The van der Waals surface area contributed by atoms with Crippen LogP contribution in [-0.4, -0.2) is 48.4 Å². The summed E-state index contributed by atoms with van der Waals surface area (Å²) in [6, 6.07) is 9.18. The molecular weight excluding hydrogens is 527 g/mol. The molecule has 0 bridgehead atoms. The van der Waals surface area contributed by atoms with Gasteiger partial charge in [-0.2, -0.15) is 35.8 Å². The molecule has 0 radical (unpaired) electrons. The number of alkyl halides is 7. The molecule has 1 aliphatic rings. The SMILES string of the molecule is CCC1CC(=O)N(Cc2ccc(NC(=O)C(F)(F)C(F)(F)F)cc2)N=C1c1ccc(OC)c(OC(F)F)c1. The Morgan fingerprint density at radius 2 is 1.76 bits per heavy atom. The molecule has 0 spiro atoms. The van der Waals surface area contributed by atoms with Crippen LogP contribution in [0, 0.1) is 5.92 Å². The Balaban J connectivity index is 1.82. The Kier molecular flexibility index (Phi) is 8.52. The molecule has 0 aliphatic carbocycles. The van der Waals surface area contributed by atoms with E-state index in [1.54, 1.807) is 6.07 Å². The Labute approximate surface area is 212 Å². The van der Waals surface area contributed by atoms with Gasteiger partial charge >= 0.3 is 24.6 Å². The summed E-state index contributed by atoms with van der Waals surface area (Å²) in [5, 5.41) is 7.04. The number of halogens is 7. The highest BCUT2D eigenvalue weighted by molar-refractivity contribution is 6.06. The summed E-state index contributed by atoms with van der Waals surface area (Å²) in [5.41, 5.74) is 0.975. The van der Waals surface area contributed by atoms with Crippen LogP contribution in [0.2, 0.25) is 0 Å². The maximum Gasteiger partial charge on any atom is 0.463 e. The number of nitrogens with zero attached hydrogens (tertiary/aromatic N) is 2. The molecule has 38 heavy (non-hydrogen) atoms. The third-order valence-electron chi connectivity index (χ3n) is 5.68. The molecule has 1 unspecified atom stereocenters. The molecule has 1 aliphatic heterocycles. The van der Waals surface area contributed by atoms with Crippen LogP contribution in [0.15, 0.2) is 47.6 Å². The predicted octanol–water partition coefficient (Wildman–Crippen LogP) is 5.60. The van der Waals surface area contributed by atoms with E-state index in [1.807, 2.05) is 6.92 Å². The lowest BCUT2D eigenvalue weighted by Gasteiger charge is -2.29. The van der Waals surface area contributed by atoms with Gasteiger partial charge in [-0.05, 0) is 42.3 Å². The number of carbonyl (C=O) groups excluding carboxylic acids is 2. The van der Waals surface area contributed by atoms with Crippen LogP contribution in [0.4, 0.5) is 36.4 Å². The van der Waals surface area contributed by atoms with Gasteiger partial charge in [0, 0.05) is 23.6 Å². The molecule has 3 rings (SSSR count). The van der Waals surface area contributed by atoms with E-state index < -0.39 is 24.6 Å². The van der Waals surface area contributed by atoms with Crippen molar-refractivity contribution in [3.05, 3.63) is 53.6 Å². The number of hydrogen-bond acceptors (Lipinski definition) is 5. The molecule has 2 aromatic carbocycles. The van der Waals surface area contributed by atoms with E-state index in [-0.39, 0.29) is 42.0 Å². The lowest BCUT2D eigenvalue weighted by Crippen LogP contribution is -2.47. The molecule has 2 amide bonds. The van der Waals surface area contributed by atoms with Crippen molar-refractivity contribution in [1.82, 2.24) is 5.01 Å². The van der Waals surface area contributed by atoms with E-state index in [4.69, 9.17) is 4.74 Å². The maximum absolute atomic E-state index is 13.2. The fourth-order valence-corrected chi connectivity index (χ4v) is 3.66. The number of amides is 2. The molecule has 14 heteroatoms. The highest BCUT2D eigenvalue weighted by Crippen LogP contribution is 2.36. The molecule has 0 aromatic heterocycles. The Bertz CT molecular complexity index is 1200. The number of methoxy groups -OCH3 is 1. The van der Waals surface area contributed by atoms with Crippen LogP contribution in [0.25, 0.3) is 0 Å². The standard InChI is InChI=1S/C24H22F7N3O4/c1-3-14-11-19(35)34(33-20(14)15-6-9-17(37-2)18(10-15)38-22(25)26)12-13-4-7-16(8-5-13)32-21(36)23(27,28)24(29,30)31/h4-10,14,22H,3,11-12H2,1-2H3,(H,32,36). The average Bonchev–Trinajstić information content (AvgIpc) is 2.85. The molecule has 0 saturated carbocycles. The van der Waals surface area contributed by atoms with Crippen LogP contribution in [0.3, 0.4) is 0 Å². The quantitative estimate of drug-likeness (QED) is 0.414. The summed E-state index contributed by atoms with van der Waals surface area (Å²) in [4.78, 5) is 24.1. The van der Waals surface area contributed by atoms with Gasteiger partial charge in [-0.1, -0.05) is 19.1 Å². The fraction of sp³-hybridized carbons (Fsp3) is 0.375. The van der Waals surface area contributed by atoms with E-state index in [0.29, 0.717) is 23.3 Å². The lowest BCUT2D eigenvalue weighted by molar-refractivity contribution is -0.267. The Morgan fingerprint density at radius 1 is 1.11 bits per heavy atom. The fourth-order valence-electron chi connectivity index (χ4n) is 3.66. The molecule has 0 saturated heterocycles. The van der Waals surface area contributed by atoms with Crippen molar-refractivity contribution in [2.24, 2.45) is 11.0 Å². The molecular formula is C24H22F7N3O4. The first kappa shape index (κ1) is 28.7. The van der Waals surface area contributed by atoms with Crippen LogP contribution < -0.4 is 14.8 Å². The Hall–Kier alpha value is -3.84. The summed E-state index contributed by atoms with van der Waals surface area (Å²) in [5.74, 6) is -8.91. The summed E-state index contributed by atoms with van der Waals surface area (Å²) in [6.07, 6.45) is -5.46. The van der Waals surface area contributed by atoms with Crippen molar-refractivity contribution in [3.8, 4) is 11.5 Å². The van der Waals surface area contributed by atoms with Crippen LogP contribution >= 0.6 is 0 Å². The number of carbonyl (C=O) groups is 2. The van der Waals surface area contributed by atoms with E-state index in [9.17, 15) is 40.3 Å². The number of nitrogens with one attached hydrogen (secondary N) is 1. The van der Waals surface area contributed by atoms with Gasteiger partial charge < -0.3 is 14.8 Å². The van der Waals surface area contributed by atoms with Gasteiger partial charge in [0.05, 0.1) is 19.4 Å². The molecule has 1 atom stereocenters. The Morgan fingerprint density at radius 3 is 2.32 bits per heavy atom. The third-order valence-corrected chi connectivity index (χ3v) is 5.68. The first-order valence-corrected chi connectivity index (χ1v) is 11.1.